The van der Waals surface area contributed by atoms with Crippen molar-refractivity contribution in [2.75, 3.05) is 0 Å². The van der Waals surface area contributed by atoms with E-state index in [-0.39, 0.29) is 30.6 Å². The number of carbonyl (C=O) groups is 2. The molecule has 0 spiro atoms. The van der Waals surface area contributed by atoms with E-state index in [2.05, 4.69) is 22.8 Å². The van der Waals surface area contributed by atoms with Crippen LogP contribution in [0.5, 0.6) is 0 Å². The highest BCUT2D eigenvalue weighted by Crippen LogP contribution is 2.34. The van der Waals surface area contributed by atoms with Crippen LogP contribution in [0.15, 0.2) is 48.5 Å². The summed E-state index contributed by atoms with van der Waals surface area (Å²) in [5.74, 6) is -1.69. The molecule has 1 aliphatic rings. The number of aryl methyl sites for hydroxylation is 1. The lowest BCUT2D eigenvalue weighted by atomic mass is 9.75. The summed E-state index contributed by atoms with van der Waals surface area (Å²) in [5.41, 5.74) is 2.95. The predicted octanol–water partition coefficient (Wildman–Crippen LogP) is 3.43. The molecule has 3 rings (SSSR count). The monoisotopic (exact) mass is 468 g/mol. The molecule has 2 aromatic carbocycles. The van der Waals surface area contributed by atoms with Gasteiger partial charge in [0.2, 0.25) is 11.8 Å². The SMILES string of the molecule is CC(C)C[C@H](NC(=O)CC(NC(=O)C[C@@H]1CCCc2ccccc21)c1cccc(F)c1)B(O)O. The highest BCUT2D eigenvalue weighted by atomic mass is 19.1. The molecule has 0 radical (unpaired) electrons. The van der Waals surface area contributed by atoms with Gasteiger partial charge in [0.15, 0.2) is 0 Å². The van der Waals surface area contributed by atoms with Gasteiger partial charge in [-0.15, -0.1) is 0 Å². The zero-order valence-corrected chi connectivity index (χ0v) is 19.8. The third-order valence-electron chi connectivity index (χ3n) is 6.33. The van der Waals surface area contributed by atoms with Crippen molar-refractivity contribution in [2.24, 2.45) is 5.92 Å². The summed E-state index contributed by atoms with van der Waals surface area (Å²) < 4.78 is 13.9. The molecule has 0 fully saturated rings. The number of amides is 2. The molecule has 0 bridgehead atoms. The highest BCUT2D eigenvalue weighted by molar-refractivity contribution is 6.43. The van der Waals surface area contributed by atoms with E-state index in [1.807, 2.05) is 26.0 Å². The fraction of sp³-hybridized carbons (Fsp3) is 0.462. The second-order valence-corrected chi connectivity index (χ2v) is 9.59. The molecule has 1 aliphatic carbocycles. The smallest absolute Gasteiger partial charge is 0.426 e. The van der Waals surface area contributed by atoms with Gasteiger partial charge < -0.3 is 20.7 Å². The largest absolute Gasteiger partial charge is 0.475 e. The Kier molecular flexibility index (Phi) is 9.24. The van der Waals surface area contributed by atoms with Crippen molar-refractivity contribution in [1.29, 1.82) is 0 Å². The fourth-order valence-corrected chi connectivity index (χ4v) is 4.73. The quantitative estimate of drug-likeness (QED) is 0.402. The van der Waals surface area contributed by atoms with Crippen molar-refractivity contribution in [3.63, 3.8) is 0 Å². The summed E-state index contributed by atoms with van der Waals surface area (Å²) in [7, 11) is -1.69. The van der Waals surface area contributed by atoms with Gasteiger partial charge in [-0.25, -0.2) is 4.39 Å². The van der Waals surface area contributed by atoms with Gasteiger partial charge in [0.1, 0.15) is 5.82 Å². The van der Waals surface area contributed by atoms with E-state index in [9.17, 15) is 24.0 Å². The van der Waals surface area contributed by atoms with Crippen LogP contribution in [-0.4, -0.2) is 34.9 Å². The van der Waals surface area contributed by atoms with Crippen molar-refractivity contribution in [3.8, 4) is 0 Å². The van der Waals surface area contributed by atoms with E-state index in [0.29, 0.717) is 12.0 Å². The molecule has 4 N–H and O–H groups in total. The Morgan fingerprint density at radius 1 is 1.09 bits per heavy atom. The third-order valence-corrected chi connectivity index (χ3v) is 6.33. The van der Waals surface area contributed by atoms with Crippen LogP contribution in [-0.2, 0) is 16.0 Å². The van der Waals surface area contributed by atoms with Gasteiger partial charge in [-0.1, -0.05) is 50.2 Å². The number of fused-ring (bicyclic) bond motifs is 1. The standard InChI is InChI=1S/C26H34BFN2O4/c1-17(2)13-24(27(33)34)30-26(32)16-23(20-10-6-11-21(28)14-20)29-25(31)15-19-9-5-8-18-7-3-4-12-22(18)19/h3-4,6-7,10-12,14,17,19,23-24,33-34H,5,8-9,13,15-16H2,1-2H3,(H,29,31)(H,30,32)/t19-,23?,24-/m0/s1. The summed E-state index contributed by atoms with van der Waals surface area (Å²) in [6, 6.07) is 13.2. The van der Waals surface area contributed by atoms with Crippen LogP contribution in [0.2, 0.25) is 0 Å². The molecule has 1 unspecified atom stereocenters. The molecule has 0 saturated carbocycles. The molecule has 34 heavy (non-hydrogen) atoms. The Labute approximate surface area is 201 Å². The summed E-state index contributed by atoms with van der Waals surface area (Å²) in [6.07, 6.45) is 3.48. The minimum Gasteiger partial charge on any atom is -0.426 e. The Morgan fingerprint density at radius 2 is 1.85 bits per heavy atom. The molecule has 2 amide bonds. The maximum absolute atomic E-state index is 13.9. The van der Waals surface area contributed by atoms with Crippen molar-refractivity contribution >= 4 is 18.9 Å². The van der Waals surface area contributed by atoms with E-state index in [0.717, 1.165) is 19.3 Å². The second kappa shape index (κ2) is 12.1. The van der Waals surface area contributed by atoms with Crippen LogP contribution >= 0.6 is 0 Å². The van der Waals surface area contributed by atoms with Crippen LogP contribution in [0.3, 0.4) is 0 Å². The Balaban J connectivity index is 1.71. The predicted molar refractivity (Wildman–Crippen MR) is 130 cm³/mol. The molecule has 0 aliphatic heterocycles. The van der Waals surface area contributed by atoms with Gasteiger partial charge in [-0.2, -0.15) is 0 Å². The van der Waals surface area contributed by atoms with Crippen LogP contribution in [0.1, 0.15) is 74.6 Å². The Morgan fingerprint density at radius 3 is 2.56 bits per heavy atom. The van der Waals surface area contributed by atoms with E-state index >= 15 is 0 Å². The molecule has 2 aromatic rings. The maximum Gasteiger partial charge on any atom is 0.475 e. The Bertz CT molecular complexity index is 985. The number of hydrogen-bond acceptors (Lipinski definition) is 4. The normalized spacial score (nSPS) is 16.9. The van der Waals surface area contributed by atoms with E-state index in [1.165, 1.54) is 29.3 Å². The molecular weight excluding hydrogens is 434 g/mol. The van der Waals surface area contributed by atoms with Crippen molar-refractivity contribution in [3.05, 3.63) is 71.0 Å². The average molecular weight is 468 g/mol. The third kappa shape index (κ3) is 7.40. The first-order valence-corrected chi connectivity index (χ1v) is 12.0. The second-order valence-electron chi connectivity index (χ2n) is 9.59. The molecule has 8 heteroatoms. The van der Waals surface area contributed by atoms with Crippen LogP contribution < -0.4 is 10.6 Å². The molecule has 0 heterocycles. The van der Waals surface area contributed by atoms with Gasteiger partial charge in [0, 0.05) is 6.42 Å². The van der Waals surface area contributed by atoms with Crippen molar-refractivity contribution < 1.29 is 24.0 Å². The lowest BCUT2D eigenvalue weighted by Crippen LogP contribution is -2.48. The van der Waals surface area contributed by atoms with Gasteiger partial charge in [-0.3, -0.25) is 9.59 Å². The van der Waals surface area contributed by atoms with E-state index < -0.39 is 30.8 Å². The van der Waals surface area contributed by atoms with Crippen LogP contribution in [0.25, 0.3) is 0 Å². The van der Waals surface area contributed by atoms with Gasteiger partial charge in [0.05, 0.1) is 18.4 Å². The molecule has 0 saturated heterocycles. The zero-order valence-electron chi connectivity index (χ0n) is 19.8. The molecular formula is C26H34BFN2O4. The number of nitrogens with one attached hydrogen (secondary N) is 2. The molecule has 0 aromatic heterocycles. The lowest BCUT2D eigenvalue weighted by molar-refractivity contribution is -0.124. The molecule has 182 valence electrons. The van der Waals surface area contributed by atoms with Crippen LogP contribution in [0.4, 0.5) is 4.39 Å². The lowest BCUT2D eigenvalue weighted by Gasteiger charge is -2.27. The molecule has 3 atom stereocenters. The summed E-state index contributed by atoms with van der Waals surface area (Å²) >= 11 is 0. The molecule has 6 nitrogen and oxygen atoms in total. The number of hydrogen-bond donors (Lipinski definition) is 4. The van der Waals surface area contributed by atoms with Gasteiger partial charge in [0.25, 0.3) is 0 Å². The number of halogens is 1. The first kappa shape index (κ1) is 25.9. The minimum absolute atomic E-state index is 0.104. The van der Waals surface area contributed by atoms with Crippen molar-refractivity contribution in [1.82, 2.24) is 10.6 Å². The summed E-state index contributed by atoms with van der Waals surface area (Å²) in [4.78, 5) is 25.8. The number of benzene rings is 2. The van der Waals surface area contributed by atoms with E-state index in [4.69, 9.17) is 0 Å². The van der Waals surface area contributed by atoms with E-state index in [1.54, 1.807) is 6.07 Å². The average Bonchev–Trinajstić information content (AvgIpc) is 2.78. The minimum atomic E-state index is -1.69. The summed E-state index contributed by atoms with van der Waals surface area (Å²) in [5, 5.41) is 24.8. The highest BCUT2D eigenvalue weighted by Gasteiger charge is 2.29. The van der Waals surface area contributed by atoms with Gasteiger partial charge in [-0.05, 0) is 66.3 Å². The maximum atomic E-state index is 13.9. The first-order valence-electron chi connectivity index (χ1n) is 12.0. The fourth-order valence-electron chi connectivity index (χ4n) is 4.73. The summed E-state index contributed by atoms with van der Waals surface area (Å²) in [6.45, 7) is 3.83. The Hall–Kier alpha value is -2.71. The van der Waals surface area contributed by atoms with Gasteiger partial charge >= 0.3 is 7.12 Å². The van der Waals surface area contributed by atoms with Crippen molar-refractivity contribution in [2.45, 2.75) is 70.3 Å². The first-order chi connectivity index (χ1) is 16.2. The number of carbonyl (C=O) groups excluding carboxylic acids is 2. The number of rotatable bonds is 10. The zero-order chi connectivity index (χ0) is 24.7. The topological polar surface area (TPSA) is 98.7 Å². The van der Waals surface area contributed by atoms with Crippen LogP contribution in [0, 0.1) is 11.7 Å².